The summed E-state index contributed by atoms with van der Waals surface area (Å²) in [6, 6.07) is 3.17. The van der Waals surface area contributed by atoms with Crippen molar-refractivity contribution >= 4 is 34.8 Å². The van der Waals surface area contributed by atoms with Crippen molar-refractivity contribution in [2.45, 2.75) is 13.8 Å². The van der Waals surface area contributed by atoms with E-state index < -0.39 is 0 Å². The minimum Gasteiger partial charge on any atom is -0.459 e. The zero-order valence-electron chi connectivity index (χ0n) is 11.7. The minimum absolute atomic E-state index is 0.0599. The van der Waals surface area contributed by atoms with E-state index in [0.29, 0.717) is 13.1 Å². The molecule has 1 saturated heterocycles. The average Bonchev–Trinajstić information content (AvgIpc) is 3.04. The summed E-state index contributed by atoms with van der Waals surface area (Å²) < 4.78 is 5.06. The van der Waals surface area contributed by atoms with Gasteiger partial charge in [0, 0.05) is 19.3 Å². The molecule has 1 fully saturated rings. The van der Waals surface area contributed by atoms with Gasteiger partial charge in [-0.2, -0.15) is 0 Å². The molecule has 1 amide bonds. The van der Waals surface area contributed by atoms with E-state index in [1.54, 1.807) is 17.0 Å². The number of furan rings is 1. The van der Waals surface area contributed by atoms with Crippen LogP contribution < -0.4 is 0 Å². The van der Waals surface area contributed by atoms with Crippen LogP contribution in [0.2, 0.25) is 0 Å². The van der Waals surface area contributed by atoms with Crippen molar-refractivity contribution < 1.29 is 18.8 Å². The fourth-order valence-electron chi connectivity index (χ4n) is 1.98. The van der Waals surface area contributed by atoms with Crippen LogP contribution >= 0.6 is 12.2 Å². The second kappa shape index (κ2) is 6.01. The second-order valence-corrected chi connectivity index (χ2v) is 4.93. The summed E-state index contributed by atoms with van der Waals surface area (Å²) in [5.41, 5.74) is 0.0599. The zero-order chi connectivity index (χ0) is 15.6. The fraction of sp³-hybridized carbons (Fsp3) is 0.286. The smallest absolute Gasteiger partial charge is 0.295 e. The molecule has 2 heterocycles. The summed E-state index contributed by atoms with van der Waals surface area (Å²) >= 11 is 5.23. The van der Waals surface area contributed by atoms with Crippen LogP contribution in [0.1, 0.15) is 24.4 Å². The molecule has 1 aliphatic heterocycles. The molecule has 0 radical (unpaired) electrons. The number of nitrogens with zero attached hydrogens (tertiary/aromatic N) is 2. The Kier molecular flexibility index (Phi) is 4.32. The van der Waals surface area contributed by atoms with Crippen molar-refractivity contribution in [2.75, 3.05) is 13.1 Å². The lowest BCUT2D eigenvalue weighted by Gasteiger charge is -2.17. The maximum Gasteiger partial charge on any atom is 0.295 e. The van der Waals surface area contributed by atoms with Gasteiger partial charge in [-0.25, -0.2) is 0 Å². The summed E-state index contributed by atoms with van der Waals surface area (Å²) in [5.74, 6) is -0.808. The Morgan fingerprint density at radius 3 is 2.43 bits per heavy atom. The van der Waals surface area contributed by atoms with E-state index in [2.05, 4.69) is 0 Å². The van der Waals surface area contributed by atoms with Crippen LogP contribution in [0.4, 0.5) is 0 Å². The molecular weight excluding hydrogens is 292 g/mol. The molecule has 1 aliphatic rings. The predicted octanol–water partition coefficient (Wildman–Crippen LogP) is 1.38. The van der Waals surface area contributed by atoms with E-state index in [1.807, 2.05) is 0 Å². The number of allylic oxidation sites excluding steroid dienone is 1. The molecule has 21 heavy (non-hydrogen) atoms. The maximum absolute atomic E-state index is 12.2. The minimum atomic E-state index is -0.340. The molecule has 0 atom stereocenters. The first kappa shape index (κ1) is 15.1. The average molecular weight is 306 g/mol. The number of Topliss-reactive ketones (excluding diaryl/α,β-unsaturated/α-hetero) is 2. The van der Waals surface area contributed by atoms with E-state index in [-0.39, 0.29) is 33.9 Å². The molecule has 0 aliphatic carbocycles. The summed E-state index contributed by atoms with van der Waals surface area (Å²) in [5, 5.41) is 0.247. The van der Waals surface area contributed by atoms with Gasteiger partial charge in [-0.1, -0.05) is 0 Å². The lowest BCUT2D eigenvalue weighted by molar-refractivity contribution is -0.119. The number of amides is 1. The molecule has 0 N–H and O–H groups in total. The van der Waals surface area contributed by atoms with E-state index >= 15 is 0 Å². The Morgan fingerprint density at radius 2 is 1.90 bits per heavy atom. The Bertz CT molecular complexity index is 617. The summed E-state index contributed by atoms with van der Waals surface area (Å²) in [4.78, 5) is 38.0. The van der Waals surface area contributed by atoms with E-state index in [4.69, 9.17) is 16.6 Å². The highest BCUT2D eigenvalue weighted by Crippen LogP contribution is 2.16. The highest BCUT2D eigenvalue weighted by molar-refractivity contribution is 7.80. The fourth-order valence-corrected chi connectivity index (χ4v) is 2.30. The Balaban J connectivity index is 2.19. The highest BCUT2D eigenvalue weighted by atomic mass is 32.1. The predicted molar refractivity (Wildman–Crippen MR) is 78.5 cm³/mol. The van der Waals surface area contributed by atoms with Gasteiger partial charge >= 0.3 is 0 Å². The normalized spacial score (nSPS) is 14.3. The molecule has 110 valence electrons. The van der Waals surface area contributed by atoms with Crippen molar-refractivity contribution in [1.82, 2.24) is 9.80 Å². The van der Waals surface area contributed by atoms with Gasteiger partial charge in [0.2, 0.25) is 0 Å². The first-order valence-corrected chi connectivity index (χ1v) is 6.72. The summed E-state index contributed by atoms with van der Waals surface area (Å²) in [6.07, 6.45) is 2.82. The topological polar surface area (TPSA) is 70.8 Å². The second-order valence-electron chi connectivity index (χ2n) is 4.57. The molecule has 0 aromatic carbocycles. The zero-order valence-corrected chi connectivity index (χ0v) is 12.5. The molecule has 0 bridgehead atoms. The third kappa shape index (κ3) is 3.08. The SMILES string of the molecule is CC(=O)C(=CN1CCN(C(=O)c2ccco2)C1=S)C(C)=O. The van der Waals surface area contributed by atoms with Crippen molar-refractivity contribution in [3.8, 4) is 0 Å². The van der Waals surface area contributed by atoms with E-state index in [9.17, 15) is 14.4 Å². The lowest BCUT2D eigenvalue weighted by Crippen LogP contribution is -2.34. The van der Waals surface area contributed by atoms with Crippen LogP contribution in [0.15, 0.2) is 34.6 Å². The van der Waals surface area contributed by atoms with Crippen LogP contribution in [-0.2, 0) is 9.59 Å². The van der Waals surface area contributed by atoms with Gasteiger partial charge in [-0.15, -0.1) is 0 Å². The monoisotopic (exact) mass is 306 g/mol. The van der Waals surface area contributed by atoms with Gasteiger partial charge in [-0.05, 0) is 38.2 Å². The van der Waals surface area contributed by atoms with Gasteiger partial charge in [0.1, 0.15) is 0 Å². The summed E-state index contributed by atoms with van der Waals surface area (Å²) in [7, 11) is 0. The van der Waals surface area contributed by atoms with Gasteiger partial charge in [0.05, 0.1) is 11.8 Å². The quantitative estimate of drug-likeness (QED) is 0.362. The number of rotatable bonds is 4. The van der Waals surface area contributed by atoms with Crippen molar-refractivity contribution in [1.29, 1.82) is 0 Å². The van der Waals surface area contributed by atoms with Crippen molar-refractivity contribution in [3.05, 3.63) is 35.9 Å². The van der Waals surface area contributed by atoms with Crippen molar-refractivity contribution in [2.24, 2.45) is 0 Å². The van der Waals surface area contributed by atoms with Crippen LogP contribution in [0.3, 0.4) is 0 Å². The number of ketones is 2. The molecule has 0 saturated carbocycles. The molecule has 0 spiro atoms. The lowest BCUT2D eigenvalue weighted by atomic mass is 10.1. The number of carbonyl (C=O) groups is 3. The van der Waals surface area contributed by atoms with Gasteiger partial charge in [-0.3, -0.25) is 19.3 Å². The van der Waals surface area contributed by atoms with Gasteiger partial charge < -0.3 is 9.32 Å². The first-order chi connectivity index (χ1) is 9.91. The molecule has 0 unspecified atom stereocenters. The Labute approximate surface area is 127 Å². The number of thiocarbonyl (C=S) groups is 1. The molecule has 1 aromatic rings. The maximum atomic E-state index is 12.2. The Hall–Kier alpha value is -2.28. The Morgan fingerprint density at radius 1 is 1.24 bits per heavy atom. The van der Waals surface area contributed by atoms with Crippen LogP contribution in [0, 0.1) is 0 Å². The van der Waals surface area contributed by atoms with Crippen molar-refractivity contribution in [3.63, 3.8) is 0 Å². The molecule has 7 heteroatoms. The molecule has 2 rings (SSSR count). The van der Waals surface area contributed by atoms with Crippen LogP contribution in [0.25, 0.3) is 0 Å². The summed E-state index contributed by atoms with van der Waals surface area (Å²) in [6.45, 7) is 3.43. The molecule has 1 aromatic heterocycles. The number of hydrogen-bond acceptors (Lipinski definition) is 5. The van der Waals surface area contributed by atoms with Gasteiger partial charge in [0.25, 0.3) is 5.91 Å². The third-order valence-corrected chi connectivity index (χ3v) is 3.52. The van der Waals surface area contributed by atoms with Gasteiger partial charge in [0.15, 0.2) is 22.4 Å². The number of carbonyl (C=O) groups excluding carboxylic acids is 3. The van der Waals surface area contributed by atoms with Crippen LogP contribution in [-0.4, -0.2) is 45.5 Å². The van der Waals surface area contributed by atoms with Crippen LogP contribution in [0.5, 0.6) is 0 Å². The molecule has 6 nitrogen and oxygen atoms in total. The standard InChI is InChI=1S/C14H14N2O4S/c1-9(17)11(10(2)18)8-15-5-6-16(14(15)21)13(19)12-4-3-7-20-12/h3-4,7-8H,5-6H2,1-2H3. The van der Waals surface area contributed by atoms with E-state index in [0.717, 1.165) is 0 Å². The highest BCUT2D eigenvalue weighted by Gasteiger charge is 2.31. The largest absolute Gasteiger partial charge is 0.459 e. The number of hydrogen-bond donors (Lipinski definition) is 0. The van der Waals surface area contributed by atoms with E-state index in [1.165, 1.54) is 31.2 Å². The molecular formula is C14H14N2O4S. The first-order valence-electron chi connectivity index (χ1n) is 6.31. The third-order valence-electron chi connectivity index (χ3n) is 3.06.